The van der Waals surface area contributed by atoms with Crippen molar-refractivity contribution in [2.75, 3.05) is 37.3 Å². The Morgan fingerprint density at radius 3 is 2.83 bits per heavy atom. The summed E-state index contributed by atoms with van der Waals surface area (Å²) in [4.78, 5) is 21.3. The summed E-state index contributed by atoms with van der Waals surface area (Å²) in [5.41, 5.74) is 2.47. The van der Waals surface area contributed by atoms with Crippen molar-refractivity contribution >= 4 is 28.4 Å². The molecule has 1 saturated heterocycles. The number of H-pyrrole nitrogens is 1. The molecule has 1 saturated carbocycles. The van der Waals surface area contributed by atoms with E-state index in [1.165, 1.54) is 12.8 Å². The van der Waals surface area contributed by atoms with Crippen molar-refractivity contribution in [3.8, 4) is 5.75 Å². The first-order valence-electron chi connectivity index (χ1n) is 13.8. The minimum absolute atomic E-state index is 0.0633. The van der Waals surface area contributed by atoms with Crippen LogP contribution in [0.15, 0.2) is 91.0 Å². The molecule has 0 radical (unpaired) electrons. The van der Waals surface area contributed by atoms with Crippen LogP contribution in [0.5, 0.6) is 5.75 Å². The second-order valence-electron chi connectivity index (χ2n) is 10.3. The number of hydrogen-bond acceptors (Lipinski definition) is 7. The molecule has 2 fully saturated rings. The number of benzene rings is 1. The third kappa shape index (κ3) is 6.98. The van der Waals surface area contributed by atoms with E-state index in [1.54, 1.807) is 18.3 Å². The van der Waals surface area contributed by atoms with E-state index in [9.17, 15) is 4.79 Å². The van der Waals surface area contributed by atoms with Gasteiger partial charge in [0.15, 0.2) is 11.5 Å². The highest BCUT2D eigenvalue weighted by Gasteiger charge is 2.27. The SMILES string of the molecule is C=C/C(=C\C=C(/C)Nc1ccnc2[nH]nc(N[C@@H]3CCN(C(=O)/C=C/CN(C)C4CC4)C3)c12)Oc1ccccc1. The van der Waals surface area contributed by atoms with Crippen LogP contribution in [0.3, 0.4) is 0 Å². The van der Waals surface area contributed by atoms with Gasteiger partial charge in [0, 0.05) is 49.7 Å². The number of likely N-dealkylation sites (N-methyl/N-ethyl adjacent to an activating group) is 1. The van der Waals surface area contributed by atoms with Gasteiger partial charge in [-0.1, -0.05) is 30.9 Å². The lowest BCUT2D eigenvalue weighted by molar-refractivity contribution is -0.125. The molecule has 5 rings (SSSR count). The third-order valence-electron chi connectivity index (χ3n) is 7.14. The zero-order valence-corrected chi connectivity index (χ0v) is 23.1. The van der Waals surface area contributed by atoms with Gasteiger partial charge in [-0.25, -0.2) is 4.98 Å². The number of hydrogen-bond donors (Lipinski definition) is 3. The second kappa shape index (κ2) is 12.7. The number of carbonyl (C=O) groups excluding carboxylic acids is 1. The van der Waals surface area contributed by atoms with Gasteiger partial charge in [0.05, 0.1) is 11.1 Å². The monoisotopic (exact) mass is 539 g/mol. The minimum Gasteiger partial charge on any atom is -0.457 e. The topological polar surface area (TPSA) is 98.4 Å². The molecule has 1 aliphatic heterocycles. The van der Waals surface area contributed by atoms with Gasteiger partial charge in [0.25, 0.3) is 0 Å². The van der Waals surface area contributed by atoms with Gasteiger partial charge in [0.1, 0.15) is 11.5 Å². The molecule has 2 aromatic heterocycles. The highest BCUT2D eigenvalue weighted by molar-refractivity contribution is 5.98. The van der Waals surface area contributed by atoms with Crippen LogP contribution in [-0.4, -0.2) is 69.7 Å². The molecule has 9 heteroatoms. The molecule has 208 valence electrons. The van der Waals surface area contributed by atoms with Crippen LogP contribution in [-0.2, 0) is 4.79 Å². The summed E-state index contributed by atoms with van der Waals surface area (Å²) in [6.07, 6.45) is 14.3. The molecule has 0 unspecified atom stereocenters. The number of para-hydroxylation sites is 1. The average molecular weight is 540 g/mol. The largest absolute Gasteiger partial charge is 0.457 e. The number of carbonyl (C=O) groups is 1. The maximum Gasteiger partial charge on any atom is 0.246 e. The Kier molecular flexibility index (Phi) is 8.61. The molecule has 40 heavy (non-hydrogen) atoms. The van der Waals surface area contributed by atoms with E-state index in [0.29, 0.717) is 29.8 Å². The first-order chi connectivity index (χ1) is 19.5. The zero-order valence-electron chi connectivity index (χ0n) is 23.1. The van der Waals surface area contributed by atoms with Crippen LogP contribution in [0.1, 0.15) is 26.2 Å². The molecule has 0 bridgehead atoms. The average Bonchev–Trinajstić information content (AvgIpc) is 3.58. The number of allylic oxidation sites excluding steroid dienone is 4. The molecular formula is C31H37N7O2. The predicted molar refractivity (Wildman–Crippen MR) is 160 cm³/mol. The zero-order chi connectivity index (χ0) is 27.9. The number of rotatable bonds is 12. The van der Waals surface area contributed by atoms with Crippen LogP contribution in [0.2, 0.25) is 0 Å². The lowest BCUT2D eigenvalue weighted by Crippen LogP contribution is -2.30. The van der Waals surface area contributed by atoms with Gasteiger partial charge in [-0.2, -0.15) is 5.10 Å². The number of fused-ring (bicyclic) bond motifs is 1. The van der Waals surface area contributed by atoms with E-state index in [0.717, 1.165) is 42.0 Å². The highest BCUT2D eigenvalue weighted by Crippen LogP contribution is 2.30. The van der Waals surface area contributed by atoms with Crippen LogP contribution < -0.4 is 15.4 Å². The molecular weight excluding hydrogens is 502 g/mol. The van der Waals surface area contributed by atoms with Gasteiger partial charge < -0.3 is 20.3 Å². The second-order valence-corrected chi connectivity index (χ2v) is 10.3. The molecule has 1 amide bonds. The van der Waals surface area contributed by atoms with Gasteiger partial charge in [0.2, 0.25) is 5.91 Å². The van der Waals surface area contributed by atoms with Crippen molar-refractivity contribution in [2.24, 2.45) is 0 Å². The number of ether oxygens (including phenoxy) is 1. The lowest BCUT2D eigenvalue weighted by Gasteiger charge is -2.16. The number of amides is 1. The predicted octanol–water partition coefficient (Wildman–Crippen LogP) is 5.09. The Bertz CT molecular complexity index is 1420. The van der Waals surface area contributed by atoms with Gasteiger partial charge in [-0.15, -0.1) is 0 Å². The Labute approximate surface area is 235 Å². The number of aromatic nitrogens is 3. The normalized spacial score (nSPS) is 18.1. The summed E-state index contributed by atoms with van der Waals surface area (Å²) in [7, 11) is 2.11. The van der Waals surface area contributed by atoms with E-state index >= 15 is 0 Å². The molecule has 3 heterocycles. The van der Waals surface area contributed by atoms with Crippen molar-refractivity contribution < 1.29 is 9.53 Å². The van der Waals surface area contributed by atoms with Gasteiger partial charge in [-0.05, 0) is 69.7 Å². The maximum atomic E-state index is 12.7. The summed E-state index contributed by atoms with van der Waals surface area (Å²) in [6, 6.07) is 12.3. The maximum absolute atomic E-state index is 12.7. The fourth-order valence-corrected chi connectivity index (χ4v) is 4.75. The Balaban J connectivity index is 1.22. The standard InChI is InChI=1S/C31H37N7O2/c1-4-25(40-26-9-6-5-7-10-26)15-12-22(2)33-27-16-18-32-30-29(27)31(36-35-30)34-23-17-20-38(21-23)28(39)11-8-19-37(3)24-13-14-24/h4-12,15-16,18,23-24H,1,13-14,17,19-21H2,2-3H3,(H3,32,33,34,35,36)/b11-8+,22-12+,25-15+/t23-/m1/s1. The van der Waals surface area contributed by atoms with E-state index in [2.05, 4.69) is 44.3 Å². The summed E-state index contributed by atoms with van der Waals surface area (Å²) in [5.74, 6) is 2.17. The number of nitrogens with zero attached hydrogens (tertiary/aromatic N) is 4. The smallest absolute Gasteiger partial charge is 0.246 e. The highest BCUT2D eigenvalue weighted by atomic mass is 16.5. The lowest BCUT2D eigenvalue weighted by atomic mass is 10.2. The van der Waals surface area contributed by atoms with E-state index in [-0.39, 0.29) is 11.9 Å². The van der Waals surface area contributed by atoms with Gasteiger partial charge in [-0.3, -0.25) is 14.8 Å². The van der Waals surface area contributed by atoms with E-state index in [4.69, 9.17) is 4.74 Å². The molecule has 1 aliphatic carbocycles. The van der Waals surface area contributed by atoms with Crippen molar-refractivity contribution in [3.63, 3.8) is 0 Å². The van der Waals surface area contributed by atoms with Crippen molar-refractivity contribution in [2.45, 2.75) is 38.3 Å². The van der Waals surface area contributed by atoms with Crippen LogP contribution in [0, 0.1) is 0 Å². The van der Waals surface area contributed by atoms with Crippen molar-refractivity contribution in [1.29, 1.82) is 0 Å². The first kappa shape index (κ1) is 27.2. The van der Waals surface area contributed by atoms with Crippen molar-refractivity contribution in [3.05, 3.63) is 91.0 Å². The van der Waals surface area contributed by atoms with E-state index in [1.807, 2.05) is 66.4 Å². The molecule has 0 spiro atoms. The first-order valence-corrected chi connectivity index (χ1v) is 13.8. The quantitative estimate of drug-likeness (QED) is 0.168. The minimum atomic E-state index is 0.0633. The Morgan fingerprint density at radius 2 is 2.05 bits per heavy atom. The summed E-state index contributed by atoms with van der Waals surface area (Å²) in [6.45, 7) is 8.00. The fraction of sp³-hybridized carbons (Fsp3) is 0.323. The van der Waals surface area contributed by atoms with Crippen LogP contribution in [0.25, 0.3) is 11.0 Å². The molecule has 9 nitrogen and oxygen atoms in total. The van der Waals surface area contributed by atoms with Crippen LogP contribution in [0.4, 0.5) is 11.5 Å². The molecule has 3 N–H and O–H groups in total. The number of pyridine rings is 1. The fourth-order valence-electron chi connectivity index (χ4n) is 4.75. The van der Waals surface area contributed by atoms with Crippen LogP contribution >= 0.6 is 0 Å². The number of nitrogens with one attached hydrogen (secondary N) is 3. The molecule has 2 aliphatic rings. The van der Waals surface area contributed by atoms with E-state index < -0.39 is 0 Å². The summed E-state index contributed by atoms with van der Waals surface area (Å²) >= 11 is 0. The van der Waals surface area contributed by atoms with Crippen molar-refractivity contribution in [1.82, 2.24) is 25.0 Å². The molecule has 3 aromatic rings. The molecule has 1 aromatic carbocycles. The van der Waals surface area contributed by atoms with Gasteiger partial charge >= 0.3 is 0 Å². The number of anilines is 2. The summed E-state index contributed by atoms with van der Waals surface area (Å²) < 4.78 is 5.89. The third-order valence-corrected chi connectivity index (χ3v) is 7.14. The number of aromatic amines is 1. The number of likely N-dealkylation sites (tertiary alicyclic amines) is 1. The summed E-state index contributed by atoms with van der Waals surface area (Å²) in [5, 5.41) is 15.4. The Morgan fingerprint density at radius 1 is 1.23 bits per heavy atom. The Hall–Kier alpha value is -4.37. The molecule has 1 atom stereocenters.